The lowest BCUT2D eigenvalue weighted by Crippen LogP contribution is -2.20. The Labute approximate surface area is 82.3 Å². The van der Waals surface area contributed by atoms with Gasteiger partial charge in [-0.3, -0.25) is 9.59 Å². The maximum absolute atomic E-state index is 10.7. The van der Waals surface area contributed by atoms with Crippen molar-refractivity contribution in [3.8, 4) is 0 Å². The van der Waals surface area contributed by atoms with Gasteiger partial charge in [-0.25, -0.2) is 0 Å². The summed E-state index contributed by atoms with van der Waals surface area (Å²) in [5.74, 6) is -0.904. The Kier molecular flexibility index (Phi) is 3.45. The predicted octanol–water partition coefficient (Wildman–Crippen LogP) is 1.20. The number of amides is 1. The van der Waals surface area contributed by atoms with E-state index in [4.69, 9.17) is 5.11 Å². The zero-order chi connectivity index (χ0) is 10.6. The summed E-state index contributed by atoms with van der Waals surface area (Å²) in [4.78, 5) is 21.1. The fraction of sp³-hybridized carbons (Fsp3) is 0.400. The number of nitrogens with one attached hydrogen (secondary N) is 1. The smallest absolute Gasteiger partial charge is 0.307 e. The van der Waals surface area contributed by atoms with Gasteiger partial charge >= 0.3 is 5.97 Å². The quantitative estimate of drug-likeness (QED) is 0.711. The number of aliphatic carboxylic acids is 1. The van der Waals surface area contributed by atoms with Gasteiger partial charge in [0.05, 0.1) is 6.42 Å². The van der Waals surface area contributed by atoms with E-state index in [0.717, 1.165) is 11.3 Å². The lowest BCUT2D eigenvalue weighted by Gasteiger charge is -2.13. The minimum atomic E-state index is -0.812. The molecule has 2 N–H and O–H groups in total. The molecule has 0 aromatic carbocycles. The van der Waals surface area contributed by atoms with Crippen molar-refractivity contribution in [1.82, 2.24) is 5.32 Å². The van der Waals surface area contributed by atoms with Gasteiger partial charge in [-0.05, 0) is 18.9 Å². The Hall–Kier alpha value is -1.58. The van der Waals surface area contributed by atoms with Crippen molar-refractivity contribution in [2.45, 2.75) is 26.2 Å². The average Bonchev–Trinajstić information content (AvgIpc) is 2.06. The van der Waals surface area contributed by atoms with Crippen LogP contribution in [0.4, 0.5) is 0 Å². The second-order valence-corrected chi connectivity index (χ2v) is 3.27. The van der Waals surface area contributed by atoms with Gasteiger partial charge in [-0.2, -0.15) is 0 Å². The van der Waals surface area contributed by atoms with Gasteiger partial charge < -0.3 is 10.4 Å². The molecule has 0 atom stereocenters. The number of carboxylic acid groups (broad SMARTS) is 1. The minimum Gasteiger partial charge on any atom is -0.481 e. The van der Waals surface area contributed by atoms with Crippen molar-refractivity contribution in [3.05, 3.63) is 23.4 Å². The third-order valence-electron chi connectivity index (χ3n) is 1.95. The van der Waals surface area contributed by atoms with Crippen molar-refractivity contribution < 1.29 is 14.7 Å². The highest BCUT2D eigenvalue weighted by atomic mass is 16.4. The lowest BCUT2D eigenvalue weighted by molar-refractivity contribution is -0.136. The lowest BCUT2D eigenvalue weighted by atomic mass is 10.00. The van der Waals surface area contributed by atoms with Crippen LogP contribution in [0.1, 0.15) is 26.2 Å². The molecule has 0 unspecified atom stereocenters. The maximum Gasteiger partial charge on any atom is 0.307 e. The molecule has 0 saturated carbocycles. The van der Waals surface area contributed by atoms with Gasteiger partial charge in [0, 0.05) is 12.6 Å². The van der Waals surface area contributed by atoms with Crippen LogP contribution in [0, 0.1) is 0 Å². The number of carboxylic acids is 1. The molecule has 14 heavy (non-hydrogen) atoms. The second kappa shape index (κ2) is 4.60. The highest BCUT2D eigenvalue weighted by Gasteiger charge is 2.09. The maximum atomic E-state index is 10.7. The van der Waals surface area contributed by atoms with Gasteiger partial charge in [-0.1, -0.05) is 11.6 Å². The van der Waals surface area contributed by atoms with E-state index in [2.05, 4.69) is 5.32 Å². The summed E-state index contributed by atoms with van der Waals surface area (Å²) in [6.07, 6.45) is 5.03. The first kappa shape index (κ1) is 10.5. The van der Waals surface area contributed by atoms with E-state index in [1.54, 1.807) is 12.2 Å². The molecule has 0 bridgehead atoms. The van der Waals surface area contributed by atoms with Crippen LogP contribution in [0.5, 0.6) is 0 Å². The second-order valence-electron chi connectivity index (χ2n) is 3.27. The molecular weight excluding hydrogens is 182 g/mol. The van der Waals surface area contributed by atoms with E-state index in [1.165, 1.54) is 6.92 Å². The van der Waals surface area contributed by atoms with Crippen LogP contribution in [0.15, 0.2) is 23.4 Å². The molecule has 1 aliphatic rings. The molecule has 1 amide bonds. The molecule has 0 saturated heterocycles. The van der Waals surface area contributed by atoms with Gasteiger partial charge in [0.2, 0.25) is 5.91 Å². The SMILES string of the molecule is CC(=O)NC1=CC=C(CC(=O)O)CC1. The third-order valence-corrected chi connectivity index (χ3v) is 1.95. The van der Waals surface area contributed by atoms with Crippen LogP contribution in [-0.4, -0.2) is 17.0 Å². The van der Waals surface area contributed by atoms with E-state index in [9.17, 15) is 9.59 Å². The molecule has 4 heteroatoms. The molecule has 0 heterocycles. The standard InChI is InChI=1S/C10H13NO3/c1-7(12)11-9-4-2-8(3-5-9)6-10(13)14/h2,4H,3,5-6H2,1H3,(H,11,12)(H,13,14). The predicted molar refractivity (Wildman–Crippen MR) is 51.5 cm³/mol. The molecule has 76 valence electrons. The zero-order valence-electron chi connectivity index (χ0n) is 8.04. The van der Waals surface area contributed by atoms with Crippen LogP contribution >= 0.6 is 0 Å². The fourth-order valence-corrected chi connectivity index (χ4v) is 1.35. The van der Waals surface area contributed by atoms with Crippen molar-refractivity contribution in [2.75, 3.05) is 0 Å². The van der Waals surface area contributed by atoms with Crippen LogP contribution in [0.3, 0.4) is 0 Å². The van der Waals surface area contributed by atoms with Crippen molar-refractivity contribution in [3.63, 3.8) is 0 Å². The highest BCUT2D eigenvalue weighted by molar-refractivity contribution is 5.75. The van der Waals surface area contributed by atoms with E-state index in [0.29, 0.717) is 12.8 Å². The first-order chi connectivity index (χ1) is 6.58. The summed E-state index contributed by atoms with van der Waals surface area (Å²) in [5.41, 5.74) is 1.75. The van der Waals surface area contributed by atoms with Gasteiger partial charge in [0.15, 0.2) is 0 Å². The Morgan fingerprint density at radius 2 is 2.14 bits per heavy atom. The number of rotatable bonds is 3. The third kappa shape index (κ3) is 3.43. The molecule has 0 aliphatic heterocycles. The topological polar surface area (TPSA) is 66.4 Å². The largest absolute Gasteiger partial charge is 0.481 e. The average molecular weight is 195 g/mol. The highest BCUT2D eigenvalue weighted by Crippen LogP contribution is 2.18. The number of carbonyl (C=O) groups is 2. The molecule has 0 aromatic heterocycles. The van der Waals surface area contributed by atoms with Crippen LogP contribution in [0.2, 0.25) is 0 Å². The van der Waals surface area contributed by atoms with Crippen molar-refractivity contribution >= 4 is 11.9 Å². The fourth-order valence-electron chi connectivity index (χ4n) is 1.35. The summed E-state index contributed by atoms with van der Waals surface area (Å²) >= 11 is 0. The van der Waals surface area contributed by atoms with Crippen LogP contribution in [-0.2, 0) is 9.59 Å². The van der Waals surface area contributed by atoms with E-state index in [1.807, 2.05) is 0 Å². The Morgan fingerprint density at radius 1 is 1.43 bits per heavy atom. The van der Waals surface area contributed by atoms with E-state index >= 15 is 0 Å². The molecule has 1 rings (SSSR count). The van der Waals surface area contributed by atoms with Crippen molar-refractivity contribution in [2.24, 2.45) is 0 Å². The molecule has 0 radical (unpaired) electrons. The number of hydrogen-bond donors (Lipinski definition) is 2. The summed E-state index contributed by atoms with van der Waals surface area (Å²) in [5, 5.41) is 11.2. The molecule has 0 aromatic rings. The summed E-state index contributed by atoms with van der Waals surface area (Å²) in [7, 11) is 0. The molecule has 4 nitrogen and oxygen atoms in total. The zero-order valence-corrected chi connectivity index (χ0v) is 8.04. The molecular formula is C10H13NO3. The summed E-state index contributed by atoms with van der Waals surface area (Å²) < 4.78 is 0. The van der Waals surface area contributed by atoms with Gasteiger partial charge in [-0.15, -0.1) is 0 Å². The summed E-state index contributed by atoms with van der Waals surface area (Å²) in [6.45, 7) is 1.46. The molecule has 0 spiro atoms. The van der Waals surface area contributed by atoms with Crippen LogP contribution < -0.4 is 5.32 Å². The van der Waals surface area contributed by atoms with Gasteiger partial charge in [0.1, 0.15) is 0 Å². The minimum absolute atomic E-state index is 0.0872. The number of hydrogen-bond acceptors (Lipinski definition) is 2. The van der Waals surface area contributed by atoms with Crippen molar-refractivity contribution in [1.29, 1.82) is 0 Å². The Morgan fingerprint density at radius 3 is 2.57 bits per heavy atom. The monoisotopic (exact) mass is 195 g/mol. The summed E-state index contributed by atoms with van der Waals surface area (Å²) in [6, 6.07) is 0. The molecule has 1 aliphatic carbocycles. The Balaban J connectivity index is 2.55. The first-order valence-corrected chi connectivity index (χ1v) is 4.46. The number of carbonyl (C=O) groups excluding carboxylic acids is 1. The first-order valence-electron chi connectivity index (χ1n) is 4.46. The van der Waals surface area contributed by atoms with E-state index < -0.39 is 5.97 Å². The number of allylic oxidation sites excluding steroid dienone is 3. The van der Waals surface area contributed by atoms with Crippen LogP contribution in [0.25, 0.3) is 0 Å². The van der Waals surface area contributed by atoms with Gasteiger partial charge in [0.25, 0.3) is 0 Å². The normalized spacial score (nSPS) is 15.5. The van der Waals surface area contributed by atoms with E-state index in [-0.39, 0.29) is 12.3 Å². The Bertz CT molecular complexity index is 283. The molecule has 0 fully saturated rings.